The van der Waals surface area contributed by atoms with Gasteiger partial charge in [-0.05, 0) is 12.8 Å². The van der Waals surface area contributed by atoms with Gasteiger partial charge in [0.15, 0.2) is 0 Å². The van der Waals surface area contributed by atoms with Crippen LogP contribution in [0.3, 0.4) is 0 Å². The molecule has 0 fully saturated rings. The van der Waals surface area contributed by atoms with E-state index in [2.05, 4.69) is 0 Å². The van der Waals surface area contributed by atoms with Crippen LogP contribution in [-0.4, -0.2) is 11.9 Å². The van der Waals surface area contributed by atoms with Crippen LogP contribution in [0.2, 0.25) is 0 Å². The second-order valence-corrected chi connectivity index (χ2v) is 5.05. The van der Waals surface area contributed by atoms with Gasteiger partial charge in [-0.2, -0.15) is 0 Å². The van der Waals surface area contributed by atoms with Crippen LogP contribution in [0.1, 0.15) is 54.4 Å². The minimum Gasteiger partial charge on any atom is -0.550 e. The van der Waals surface area contributed by atoms with E-state index in [1.54, 1.807) is 27.7 Å². The zero-order valence-electron chi connectivity index (χ0n) is 11.8. The summed E-state index contributed by atoms with van der Waals surface area (Å²) in [5, 5.41) is 20.3. The minimum atomic E-state index is -0.972. The Labute approximate surface area is 117 Å². The number of carboxylic acids is 2. The fourth-order valence-corrected chi connectivity index (χ4v) is 0.289. The normalized spacial score (nSPS) is 10.7. The summed E-state index contributed by atoms with van der Waals surface area (Å²) in [6.07, 6.45) is 1.24. The smallest absolute Gasteiger partial charge is 0.550 e. The summed E-state index contributed by atoms with van der Waals surface area (Å²) in [5.74, 6) is -1.94. The Morgan fingerprint density at radius 1 is 0.824 bits per heavy atom. The van der Waals surface area contributed by atoms with Gasteiger partial charge in [0.2, 0.25) is 0 Å². The molecule has 96 valence electrons. The van der Waals surface area contributed by atoms with Crippen molar-refractivity contribution in [2.75, 3.05) is 0 Å². The summed E-state index contributed by atoms with van der Waals surface area (Å²) in [4.78, 5) is 20.3. The van der Waals surface area contributed by atoms with E-state index in [0.717, 1.165) is 0 Å². The molecule has 0 amide bonds. The molecule has 0 aliphatic heterocycles. The molecule has 0 spiro atoms. The average molecular weight is 296 g/mol. The van der Waals surface area contributed by atoms with E-state index in [4.69, 9.17) is 0 Å². The van der Waals surface area contributed by atoms with E-state index in [1.807, 2.05) is 13.8 Å². The van der Waals surface area contributed by atoms with Gasteiger partial charge in [-0.15, -0.1) is 0 Å². The van der Waals surface area contributed by atoms with E-state index < -0.39 is 22.8 Å². The molecule has 0 bridgehead atoms. The van der Waals surface area contributed by atoms with Crippen molar-refractivity contribution in [1.29, 1.82) is 0 Å². The first-order chi connectivity index (χ1) is 7.01. The number of carboxylic acid groups (broad SMARTS) is 2. The van der Waals surface area contributed by atoms with Gasteiger partial charge in [-0.3, -0.25) is 0 Å². The first kappa shape index (κ1) is 21.8. The van der Waals surface area contributed by atoms with Crippen molar-refractivity contribution < 1.29 is 39.3 Å². The van der Waals surface area contributed by atoms with Crippen molar-refractivity contribution in [3.63, 3.8) is 0 Å². The predicted molar refractivity (Wildman–Crippen MR) is 58.2 cm³/mol. The topological polar surface area (TPSA) is 80.3 Å². The quantitative estimate of drug-likeness (QED) is 0.701. The second kappa shape index (κ2) is 8.62. The molecule has 0 aromatic carbocycles. The average Bonchev–Trinajstić information content (AvgIpc) is 2.18. The molecule has 0 aromatic heterocycles. The number of hydrogen-bond acceptors (Lipinski definition) is 4. The predicted octanol–water partition coefficient (Wildman–Crippen LogP) is 0.343. The van der Waals surface area contributed by atoms with Crippen LogP contribution < -0.4 is 10.2 Å². The molecule has 0 saturated carbocycles. The van der Waals surface area contributed by atoms with Crippen molar-refractivity contribution in [3.8, 4) is 0 Å². The summed E-state index contributed by atoms with van der Waals surface area (Å²) in [5.41, 5.74) is -1.31. The summed E-state index contributed by atoms with van der Waals surface area (Å²) >= 11 is 0. The fraction of sp³-hybridized carbons (Fsp3) is 0.833. The number of rotatable bonds is 4. The SMILES string of the molecule is CCC(C)(C)C(=O)[O-].CCC(C)(C)C(=O)[O-].[Zn+2]. The van der Waals surface area contributed by atoms with Crippen LogP contribution >= 0.6 is 0 Å². The molecule has 4 nitrogen and oxygen atoms in total. The third kappa shape index (κ3) is 9.28. The third-order valence-electron chi connectivity index (χ3n) is 2.87. The molecule has 0 heterocycles. The standard InChI is InChI=1S/2C6H12O2.Zn/c2*1-4-6(2,3)5(7)8;/h2*4H2,1-3H3,(H,7,8);/q;;+2/p-2. The van der Waals surface area contributed by atoms with Gasteiger partial charge in [0, 0.05) is 22.8 Å². The molecule has 0 atom stereocenters. The van der Waals surface area contributed by atoms with Gasteiger partial charge in [-0.25, -0.2) is 0 Å². The Bertz CT molecular complexity index is 221. The molecule has 0 unspecified atom stereocenters. The number of aliphatic carboxylic acids is 2. The van der Waals surface area contributed by atoms with Crippen molar-refractivity contribution in [2.45, 2.75) is 54.4 Å². The van der Waals surface area contributed by atoms with Gasteiger partial charge in [-0.1, -0.05) is 41.5 Å². The first-order valence-electron chi connectivity index (χ1n) is 5.44. The number of hydrogen-bond donors (Lipinski definition) is 0. The molecular weight excluding hydrogens is 274 g/mol. The Morgan fingerprint density at radius 2 is 1.00 bits per heavy atom. The maximum atomic E-state index is 10.1. The second-order valence-electron chi connectivity index (χ2n) is 5.05. The molecule has 0 aromatic rings. The van der Waals surface area contributed by atoms with E-state index in [1.165, 1.54) is 0 Å². The van der Waals surface area contributed by atoms with Crippen LogP contribution in [0, 0.1) is 10.8 Å². The summed E-state index contributed by atoms with van der Waals surface area (Å²) in [7, 11) is 0. The monoisotopic (exact) mass is 294 g/mol. The van der Waals surface area contributed by atoms with Crippen LogP contribution in [-0.2, 0) is 29.1 Å². The van der Waals surface area contributed by atoms with Crippen LogP contribution in [0.15, 0.2) is 0 Å². The summed E-state index contributed by atoms with van der Waals surface area (Å²) in [6, 6.07) is 0. The fourth-order valence-electron chi connectivity index (χ4n) is 0.289. The molecule has 0 saturated heterocycles. The largest absolute Gasteiger partial charge is 2.00 e. The summed E-state index contributed by atoms with van der Waals surface area (Å²) < 4.78 is 0. The molecule has 0 radical (unpaired) electrons. The van der Waals surface area contributed by atoms with E-state index in [9.17, 15) is 19.8 Å². The van der Waals surface area contributed by atoms with Crippen molar-refractivity contribution in [3.05, 3.63) is 0 Å². The van der Waals surface area contributed by atoms with Gasteiger partial charge in [0.1, 0.15) is 0 Å². The molecular formula is C12H22O4Zn. The molecule has 5 heteroatoms. The Hall–Kier alpha value is -0.437. The van der Waals surface area contributed by atoms with Crippen molar-refractivity contribution in [2.24, 2.45) is 10.8 Å². The molecule has 0 rings (SSSR count). The maximum absolute atomic E-state index is 10.1. The van der Waals surface area contributed by atoms with E-state index >= 15 is 0 Å². The Morgan fingerprint density at radius 3 is 1.00 bits per heavy atom. The Balaban J connectivity index is -0.000000218. The van der Waals surface area contributed by atoms with Crippen molar-refractivity contribution >= 4 is 11.9 Å². The first-order valence-corrected chi connectivity index (χ1v) is 5.44. The van der Waals surface area contributed by atoms with E-state index in [0.29, 0.717) is 12.8 Å². The number of carbonyl (C=O) groups excluding carboxylic acids is 2. The van der Waals surface area contributed by atoms with Gasteiger partial charge in [0.05, 0.1) is 0 Å². The van der Waals surface area contributed by atoms with Gasteiger partial charge >= 0.3 is 19.5 Å². The van der Waals surface area contributed by atoms with Crippen LogP contribution in [0.4, 0.5) is 0 Å². The molecule has 0 aliphatic carbocycles. The number of carbonyl (C=O) groups is 2. The zero-order valence-corrected chi connectivity index (χ0v) is 14.7. The third-order valence-corrected chi connectivity index (χ3v) is 2.87. The van der Waals surface area contributed by atoms with Crippen LogP contribution in [0.5, 0.6) is 0 Å². The maximum Gasteiger partial charge on any atom is 2.00 e. The minimum absolute atomic E-state index is 0. The molecule has 17 heavy (non-hydrogen) atoms. The summed E-state index contributed by atoms with van der Waals surface area (Å²) in [6.45, 7) is 10.3. The van der Waals surface area contributed by atoms with Gasteiger partial charge in [0.25, 0.3) is 0 Å². The molecule has 0 aliphatic rings. The van der Waals surface area contributed by atoms with Gasteiger partial charge < -0.3 is 19.8 Å². The molecule has 0 N–H and O–H groups in total. The zero-order chi connectivity index (χ0) is 13.6. The van der Waals surface area contributed by atoms with Crippen LogP contribution in [0.25, 0.3) is 0 Å². The Kier molecular flexibility index (Phi) is 11.1. The van der Waals surface area contributed by atoms with Crippen molar-refractivity contribution in [1.82, 2.24) is 0 Å². The van der Waals surface area contributed by atoms with E-state index in [-0.39, 0.29) is 19.5 Å².